The van der Waals surface area contributed by atoms with E-state index in [1.165, 1.54) is 4.88 Å². The maximum atomic E-state index is 10.2. The van der Waals surface area contributed by atoms with Crippen LogP contribution in [-0.2, 0) is 4.79 Å². The van der Waals surface area contributed by atoms with Crippen LogP contribution in [-0.4, -0.2) is 22.6 Å². The highest BCUT2D eigenvalue weighted by Gasteiger charge is 2.05. The molecular weight excluding hydrogens is 200 g/mol. The minimum atomic E-state index is -0.793. The fourth-order valence-electron chi connectivity index (χ4n) is 0.912. The first-order valence-electron chi connectivity index (χ1n) is 4.51. The predicted octanol–water partition coefficient (Wildman–Crippen LogP) is 2.15. The highest BCUT2D eigenvalue weighted by atomic mass is 32.1. The van der Waals surface area contributed by atoms with Crippen LogP contribution in [0.3, 0.4) is 0 Å². The van der Waals surface area contributed by atoms with E-state index in [0.717, 1.165) is 5.13 Å². The fraction of sp³-hybridized carbons (Fsp3) is 0.556. The smallest absolute Gasteiger partial charge is 0.305 e. The van der Waals surface area contributed by atoms with Gasteiger partial charge in [-0.2, -0.15) is 0 Å². The lowest BCUT2D eigenvalue weighted by molar-refractivity contribution is -0.136. The Labute approximate surface area is 87.0 Å². The van der Waals surface area contributed by atoms with E-state index in [1.807, 2.05) is 6.20 Å². The number of hydrogen-bond acceptors (Lipinski definition) is 4. The SMILES string of the molecule is CC(C)c1cnc(NCCC(=O)O)s1. The molecule has 0 aliphatic carbocycles. The highest BCUT2D eigenvalue weighted by Crippen LogP contribution is 2.24. The normalized spacial score (nSPS) is 10.5. The fourth-order valence-corrected chi connectivity index (χ4v) is 1.76. The number of carboxylic acid groups (broad SMARTS) is 1. The first-order chi connectivity index (χ1) is 6.59. The lowest BCUT2D eigenvalue weighted by Gasteiger charge is -1.99. The Kier molecular flexibility index (Phi) is 3.88. The second kappa shape index (κ2) is 4.95. The van der Waals surface area contributed by atoms with Gasteiger partial charge in [0.2, 0.25) is 0 Å². The molecule has 0 amide bonds. The molecule has 0 spiro atoms. The van der Waals surface area contributed by atoms with E-state index in [1.54, 1.807) is 11.3 Å². The van der Waals surface area contributed by atoms with Gasteiger partial charge < -0.3 is 10.4 Å². The van der Waals surface area contributed by atoms with Crippen molar-refractivity contribution in [2.24, 2.45) is 0 Å². The van der Waals surface area contributed by atoms with Crippen molar-refractivity contribution in [3.63, 3.8) is 0 Å². The average Bonchev–Trinajstić information content (AvgIpc) is 2.52. The van der Waals surface area contributed by atoms with E-state index in [-0.39, 0.29) is 6.42 Å². The van der Waals surface area contributed by atoms with Crippen molar-refractivity contribution in [3.8, 4) is 0 Å². The van der Waals surface area contributed by atoms with Gasteiger partial charge in [0.15, 0.2) is 5.13 Å². The Hall–Kier alpha value is -1.10. The third-order valence-electron chi connectivity index (χ3n) is 1.71. The predicted molar refractivity (Wildman–Crippen MR) is 56.9 cm³/mol. The molecule has 0 fully saturated rings. The van der Waals surface area contributed by atoms with E-state index in [4.69, 9.17) is 5.11 Å². The van der Waals surface area contributed by atoms with Crippen LogP contribution in [0.25, 0.3) is 0 Å². The number of anilines is 1. The average molecular weight is 214 g/mol. The van der Waals surface area contributed by atoms with Crippen LogP contribution in [0.2, 0.25) is 0 Å². The van der Waals surface area contributed by atoms with Crippen molar-refractivity contribution in [1.82, 2.24) is 4.98 Å². The molecule has 1 heterocycles. The number of carboxylic acids is 1. The van der Waals surface area contributed by atoms with Crippen LogP contribution in [0, 0.1) is 0 Å². The van der Waals surface area contributed by atoms with Gasteiger partial charge >= 0.3 is 5.97 Å². The summed E-state index contributed by atoms with van der Waals surface area (Å²) < 4.78 is 0. The van der Waals surface area contributed by atoms with E-state index in [9.17, 15) is 4.79 Å². The third kappa shape index (κ3) is 3.33. The summed E-state index contributed by atoms with van der Waals surface area (Å²) >= 11 is 1.58. The second-order valence-electron chi connectivity index (χ2n) is 3.29. The standard InChI is InChI=1S/C9H14N2O2S/c1-6(2)7-5-11-9(14-7)10-4-3-8(12)13/h5-6H,3-4H2,1-2H3,(H,10,11)(H,12,13). The molecule has 2 N–H and O–H groups in total. The lowest BCUT2D eigenvalue weighted by Crippen LogP contribution is -2.06. The van der Waals surface area contributed by atoms with Gasteiger partial charge in [-0.25, -0.2) is 4.98 Å². The molecule has 0 aliphatic rings. The quantitative estimate of drug-likeness (QED) is 0.788. The van der Waals surface area contributed by atoms with Crippen molar-refractivity contribution in [2.75, 3.05) is 11.9 Å². The first kappa shape index (κ1) is 11.0. The van der Waals surface area contributed by atoms with E-state index in [2.05, 4.69) is 24.1 Å². The molecule has 14 heavy (non-hydrogen) atoms. The van der Waals surface area contributed by atoms with Crippen LogP contribution >= 0.6 is 11.3 Å². The Morgan fingerprint density at radius 2 is 2.43 bits per heavy atom. The van der Waals surface area contributed by atoms with Crippen molar-refractivity contribution in [2.45, 2.75) is 26.2 Å². The number of aromatic nitrogens is 1. The molecule has 5 heteroatoms. The maximum absolute atomic E-state index is 10.2. The number of rotatable bonds is 5. The molecule has 0 atom stereocenters. The molecular formula is C9H14N2O2S. The zero-order chi connectivity index (χ0) is 10.6. The van der Waals surface area contributed by atoms with Crippen molar-refractivity contribution in [3.05, 3.63) is 11.1 Å². The number of carbonyl (C=O) groups is 1. The van der Waals surface area contributed by atoms with Crippen LogP contribution in [0.1, 0.15) is 31.1 Å². The van der Waals surface area contributed by atoms with Crippen LogP contribution in [0.4, 0.5) is 5.13 Å². The van der Waals surface area contributed by atoms with Crippen LogP contribution in [0.5, 0.6) is 0 Å². The first-order valence-corrected chi connectivity index (χ1v) is 5.32. The van der Waals surface area contributed by atoms with Gasteiger partial charge in [-0.1, -0.05) is 13.8 Å². The third-order valence-corrected chi connectivity index (χ3v) is 2.96. The molecule has 4 nitrogen and oxygen atoms in total. The summed E-state index contributed by atoms with van der Waals surface area (Å²) in [5.74, 6) is -0.319. The maximum Gasteiger partial charge on any atom is 0.305 e. The molecule has 0 saturated carbocycles. The number of aliphatic carboxylic acids is 1. The molecule has 1 aromatic rings. The van der Waals surface area contributed by atoms with Crippen molar-refractivity contribution >= 4 is 22.4 Å². The van der Waals surface area contributed by atoms with Gasteiger partial charge in [0.05, 0.1) is 6.42 Å². The second-order valence-corrected chi connectivity index (χ2v) is 4.36. The largest absolute Gasteiger partial charge is 0.481 e. The molecule has 0 bridgehead atoms. The Bertz CT molecular complexity index is 310. The molecule has 0 radical (unpaired) electrons. The molecule has 0 aliphatic heterocycles. The zero-order valence-corrected chi connectivity index (χ0v) is 9.10. The Morgan fingerprint density at radius 3 is 2.93 bits per heavy atom. The molecule has 0 aromatic carbocycles. The molecule has 0 saturated heterocycles. The Morgan fingerprint density at radius 1 is 1.71 bits per heavy atom. The van der Waals surface area contributed by atoms with E-state index < -0.39 is 5.97 Å². The number of thiazole rings is 1. The van der Waals surface area contributed by atoms with Crippen molar-refractivity contribution in [1.29, 1.82) is 0 Å². The minimum absolute atomic E-state index is 0.122. The summed E-state index contributed by atoms with van der Waals surface area (Å²) in [6, 6.07) is 0. The lowest BCUT2D eigenvalue weighted by atomic mass is 10.2. The molecule has 1 rings (SSSR count). The summed E-state index contributed by atoms with van der Waals surface area (Å²) in [4.78, 5) is 15.6. The van der Waals surface area contributed by atoms with Crippen LogP contribution < -0.4 is 5.32 Å². The van der Waals surface area contributed by atoms with Crippen molar-refractivity contribution < 1.29 is 9.90 Å². The van der Waals surface area contributed by atoms with Crippen LogP contribution in [0.15, 0.2) is 6.20 Å². The van der Waals surface area contributed by atoms with Gasteiger partial charge in [-0.3, -0.25) is 4.79 Å². The van der Waals surface area contributed by atoms with E-state index >= 15 is 0 Å². The van der Waals surface area contributed by atoms with Gasteiger partial charge in [0, 0.05) is 17.6 Å². The van der Waals surface area contributed by atoms with Gasteiger partial charge in [-0.05, 0) is 5.92 Å². The topological polar surface area (TPSA) is 62.2 Å². The Balaban J connectivity index is 2.40. The summed E-state index contributed by atoms with van der Waals surface area (Å²) in [5.41, 5.74) is 0. The summed E-state index contributed by atoms with van der Waals surface area (Å²) in [6.45, 7) is 4.64. The van der Waals surface area contributed by atoms with Gasteiger partial charge in [-0.15, -0.1) is 11.3 Å². The van der Waals surface area contributed by atoms with Gasteiger partial charge in [0.25, 0.3) is 0 Å². The van der Waals surface area contributed by atoms with E-state index in [0.29, 0.717) is 12.5 Å². The van der Waals surface area contributed by atoms with Gasteiger partial charge in [0.1, 0.15) is 0 Å². The molecule has 0 unspecified atom stereocenters. The number of hydrogen-bond donors (Lipinski definition) is 2. The zero-order valence-electron chi connectivity index (χ0n) is 8.28. The minimum Gasteiger partial charge on any atom is -0.481 e. The highest BCUT2D eigenvalue weighted by molar-refractivity contribution is 7.15. The summed E-state index contributed by atoms with van der Waals surface area (Å²) in [7, 11) is 0. The molecule has 78 valence electrons. The molecule has 1 aromatic heterocycles. The number of nitrogens with zero attached hydrogens (tertiary/aromatic N) is 1. The monoisotopic (exact) mass is 214 g/mol. The summed E-state index contributed by atoms with van der Waals surface area (Å²) in [5, 5.41) is 12.2. The summed E-state index contributed by atoms with van der Waals surface area (Å²) in [6.07, 6.45) is 1.95. The number of nitrogens with one attached hydrogen (secondary N) is 1.